The van der Waals surface area contributed by atoms with Crippen molar-refractivity contribution in [1.29, 1.82) is 5.26 Å². The maximum absolute atomic E-state index is 9.47. The summed E-state index contributed by atoms with van der Waals surface area (Å²) in [6, 6.07) is 16.4. The number of nitriles is 1. The second-order valence-electron chi connectivity index (χ2n) is 5.88. The molecular formula is C20H20N4. The zero-order valence-electron chi connectivity index (χ0n) is 14.0. The molecule has 1 aromatic carbocycles. The summed E-state index contributed by atoms with van der Waals surface area (Å²) in [7, 11) is 1.95. The van der Waals surface area contributed by atoms with Crippen LogP contribution in [0.15, 0.2) is 48.7 Å². The first-order chi connectivity index (χ1) is 11.6. The predicted octanol–water partition coefficient (Wildman–Crippen LogP) is 4.16. The monoisotopic (exact) mass is 316 g/mol. The van der Waals surface area contributed by atoms with Crippen LogP contribution in [0, 0.1) is 11.3 Å². The average molecular weight is 316 g/mol. The van der Waals surface area contributed by atoms with Gasteiger partial charge in [0.25, 0.3) is 0 Å². The Morgan fingerprint density at radius 2 is 1.96 bits per heavy atom. The normalized spacial score (nSPS) is 10.5. The number of aromatic nitrogens is 2. The van der Waals surface area contributed by atoms with Gasteiger partial charge in [-0.25, -0.2) is 4.98 Å². The molecule has 0 bridgehead atoms. The van der Waals surface area contributed by atoms with Crippen LogP contribution in [0.1, 0.15) is 24.5 Å². The highest BCUT2D eigenvalue weighted by Crippen LogP contribution is 2.31. The van der Waals surface area contributed by atoms with E-state index in [4.69, 9.17) is 5.73 Å². The number of benzene rings is 1. The minimum absolute atomic E-state index is 0.267. The van der Waals surface area contributed by atoms with Crippen LogP contribution in [-0.2, 0) is 13.5 Å². The molecule has 0 aliphatic heterocycles. The van der Waals surface area contributed by atoms with E-state index in [2.05, 4.69) is 42.2 Å². The summed E-state index contributed by atoms with van der Waals surface area (Å²) in [5, 5.41) is 9.47. The van der Waals surface area contributed by atoms with Gasteiger partial charge in [-0.1, -0.05) is 37.6 Å². The van der Waals surface area contributed by atoms with Crippen LogP contribution >= 0.6 is 0 Å². The molecule has 0 fully saturated rings. The highest BCUT2D eigenvalue weighted by atomic mass is 14.9. The van der Waals surface area contributed by atoms with Gasteiger partial charge in [0.15, 0.2) is 0 Å². The Balaban J connectivity index is 2.12. The number of hydrogen-bond donors (Lipinski definition) is 1. The van der Waals surface area contributed by atoms with Crippen molar-refractivity contribution in [3.63, 3.8) is 0 Å². The van der Waals surface area contributed by atoms with Crippen molar-refractivity contribution in [2.75, 3.05) is 5.73 Å². The predicted molar refractivity (Wildman–Crippen MR) is 97.2 cm³/mol. The van der Waals surface area contributed by atoms with Crippen LogP contribution in [-0.4, -0.2) is 9.55 Å². The molecule has 4 nitrogen and oxygen atoms in total. The van der Waals surface area contributed by atoms with E-state index in [1.165, 1.54) is 5.56 Å². The van der Waals surface area contributed by atoms with E-state index in [1.54, 1.807) is 0 Å². The van der Waals surface area contributed by atoms with Crippen LogP contribution in [0.3, 0.4) is 0 Å². The first-order valence-electron chi connectivity index (χ1n) is 8.05. The molecule has 4 heteroatoms. The Kier molecular flexibility index (Phi) is 4.35. The van der Waals surface area contributed by atoms with Crippen molar-refractivity contribution in [1.82, 2.24) is 9.55 Å². The van der Waals surface area contributed by atoms with E-state index in [-0.39, 0.29) is 5.82 Å². The fourth-order valence-corrected chi connectivity index (χ4v) is 2.90. The lowest BCUT2D eigenvalue weighted by atomic mass is 10.0. The number of rotatable bonds is 4. The Morgan fingerprint density at radius 3 is 2.54 bits per heavy atom. The average Bonchev–Trinajstić information content (AvgIpc) is 3.01. The fourth-order valence-electron chi connectivity index (χ4n) is 2.90. The van der Waals surface area contributed by atoms with E-state index >= 15 is 0 Å². The van der Waals surface area contributed by atoms with Crippen LogP contribution in [0.25, 0.3) is 22.5 Å². The van der Waals surface area contributed by atoms with Gasteiger partial charge in [0, 0.05) is 30.1 Å². The van der Waals surface area contributed by atoms with Gasteiger partial charge in [0.2, 0.25) is 0 Å². The summed E-state index contributed by atoms with van der Waals surface area (Å²) >= 11 is 0. The van der Waals surface area contributed by atoms with E-state index in [1.807, 2.05) is 36.0 Å². The second kappa shape index (κ2) is 6.59. The summed E-state index contributed by atoms with van der Waals surface area (Å²) in [5.74, 6) is 0.267. The maximum atomic E-state index is 9.47. The molecule has 3 aromatic rings. The molecule has 3 rings (SSSR count). The van der Waals surface area contributed by atoms with Crippen LogP contribution < -0.4 is 5.73 Å². The lowest BCUT2D eigenvalue weighted by Gasteiger charge is -2.11. The smallest absolute Gasteiger partial charge is 0.142 e. The Hall–Kier alpha value is -3.06. The molecule has 2 heterocycles. The number of nitrogen functional groups attached to an aromatic ring is 1. The van der Waals surface area contributed by atoms with E-state index in [0.717, 1.165) is 35.4 Å². The molecule has 0 amide bonds. The summed E-state index contributed by atoms with van der Waals surface area (Å²) < 4.78 is 1.98. The SMILES string of the molecule is CCCc1ccc(-c2cc(-c3cccn3C)c(C#N)c(N)n2)cc1. The topological polar surface area (TPSA) is 67.6 Å². The molecular weight excluding hydrogens is 296 g/mol. The second-order valence-corrected chi connectivity index (χ2v) is 5.88. The minimum atomic E-state index is 0.267. The summed E-state index contributed by atoms with van der Waals surface area (Å²) in [5.41, 5.74) is 11.3. The van der Waals surface area contributed by atoms with Crippen molar-refractivity contribution < 1.29 is 0 Å². The van der Waals surface area contributed by atoms with Crippen molar-refractivity contribution in [3.8, 4) is 28.6 Å². The number of anilines is 1. The molecule has 0 saturated carbocycles. The zero-order chi connectivity index (χ0) is 17.1. The van der Waals surface area contributed by atoms with Gasteiger partial charge >= 0.3 is 0 Å². The standard InChI is InChI=1S/C20H20N4/c1-3-5-14-7-9-15(10-8-14)18-12-16(17(13-21)20(22)23-18)19-6-4-11-24(19)2/h4,6-12H,3,5H2,1-2H3,(H2,22,23). The highest BCUT2D eigenvalue weighted by Gasteiger charge is 2.15. The van der Waals surface area contributed by atoms with Gasteiger partial charge in [-0.05, 0) is 30.2 Å². The molecule has 0 unspecified atom stereocenters. The van der Waals surface area contributed by atoms with Crippen molar-refractivity contribution in [2.24, 2.45) is 7.05 Å². The third kappa shape index (κ3) is 2.89. The highest BCUT2D eigenvalue weighted by molar-refractivity contribution is 5.78. The number of aryl methyl sites for hydroxylation is 2. The van der Waals surface area contributed by atoms with E-state index in [9.17, 15) is 5.26 Å². The van der Waals surface area contributed by atoms with Crippen molar-refractivity contribution in [3.05, 3.63) is 59.8 Å². The van der Waals surface area contributed by atoms with Gasteiger partial charge in [0.05, 0.1) is 5.69 Å². The summed E-state index contributed by atoms with van der Waals surface area (Å²) in [4.78, 5) is 4.44. The molecule has 2 N–H and O–H groups in total. The molecule has 120 valence electrons. The molecule has 0 radical (unpaired) electrons. The third-order valence-corrected chi connectivity index (χ3v) is 4.17. The van der Waals surface area contributed by atoms with Gasteiger partial charge < -0.3 is 10.3 Å². The summed E-state index contributed by atoms with van der Waals surface area (Å²) in [6.45, 7) is 2.17. The molecule has 0 spiro atoms. The van der Waals surface area contributed by atoms with Crippen molar-refractivity contribution in [2.45, 2.75) is 19.8 Å². The Bertz CT molecular complexity index is 898. The van der Waals surface area contributed by atoms with Crippen LogP contribution in [0.2, 0.25) is 0 Å². The number of hydrogen-bond acceptors (Lipinski definition) is 3. The molecule has 0 aliphatic carbocycles. The molecule has 2 aromatic heterocycles. The van der Waals surface area contributed by atoms with E-state index in [0.29, 0.717) is 5.56 Å². The zero-order valence-corrected chi connectivity index (χ0v) is 14.0. The van der Waals surface area contributed by atoms with Gasteiger partial charge in [-0.3, -0.25) is 0 Å². The van der Waals surface area contributed by atoms with Crippen LogP contribution in [0.5, 0.6) is 0 Å². The lowest BCUT2D eigenvalue weighted by Crippen LogP contribution is -2.01. The largest absolute Gasteiger partial charge is 0.383 e. The molecule has 0 aliphatic rings. The van der Waals surface area contributed by atoms with Gasteiger partial charge in [-0.2, -0.15) is 5.26 Å². The maximum Gasteiger partial charge on any atom is 0.142 e. The van der Waals surface area contributed by atoms with Gasteiger partial charge in [0.1, 0.15) is 17.5 Å². The first kappa shape index (κ1) is 15.8. The number of nitrogens with zero attached hydrogens (tertiary/aromatic N) is 3. The lowest BCUT2D eigenvalue weighted by molar-refractivity contribution is 0.922. The molecule has 0 saturated heterocycles. The number of pyridine rings is 1. The Labute approximate surface area is 142 Å². The third-order valence-electron chi connectivity index (χ3n) is 4.17. The molecule has 0 atom stereocenters. The Morgan fingerprint density at radius 1 is 1.21 bits per heavy atom. The van der Waals surface area contributed by atoms with Crippen LogP contribution in [0.4, 0.5) is 5.82 Å². The minimum Gasteiger partial charge on any atom is -0.383 e. The first-order valence-corrected chi connectivity index (χ1v) is 8.05. The quantitative estimate of drug-likeness (QED) is 0.786. The van der Waals surface area contributed by atoms with E-state index < -0.39 is 0 Å². The van der Waals surface area contributed by atoms with Crippen molar-refractivity contribution >= 4 is 5.82 Å². The molecule has 24 heavy (non-hydrogen) atoms. The summed E-state index contributed by atoms with van der Waals surface area (Å²) in [6.07, 6.45) is 4.14. The van der Waals surface area contributed by atoms with Gasteiger partial charge in [-0.15, -0.1) is 0 Å². The fraction of sp³-hybridized carbons (Fsp3) is 0.200. The number of nitrogens with two attached hydrogens (primary N) is 1.